The maximum atomic E-state index is 12.1. The van der Waals surface area contributed by atoms with E-state index in [-0.39, 0.29) is 0 Å². The zero-order chi connectivity index (χ0) is 12.7. The molecule has 0 radical (unpaired) electrons. The first kappa shape index (κ1) is 15.2. The zero-order valence-electron chi connectivity index (χ0n) is 11.7. The van der Waals surface area contributed by atoms with Crippen molar-refractivity contribution in [3.8, 4) is 0 Å². The fraction of sp³-hybridized carbons (Fsp3) is 1.00. The lowest BCUT2D eigenvalue weighted by molar-refractivity contribution is 0.293. The van der Waals surface area contributed by atoms with Gasteiger partial charge in [0, 0.05) is 28.3 Å². The predicted octanol–water partition coefficient (Wildman–Crippen LogP) is 2.95. The Labute approximate surface area is 109 Å². The van der Waals surface area contributed by atoms with Crippen LogP contribution in [-0.4, -0.2) is 28.8 Å². The molecule has 0 saturated heterocycles. The van der Waals surface area contributed by atoms with E-state index < -0.39 is 10.8 Å². The first-order valence-corrected chi connectivity index (χ1v) is 8.68. The maximum Gasteiger partial charge on any atom is 0.0391 e. The molecule has 1 aliphatic carbocycles. The molecule has 0 aromatic carbocycles. The molecule has 1 aliphatic rings. The van der Waals surface area contributed by atoms with Gasteiger partial charge in [0.2, 0.25) is 0 Å². The molecule has 102 valence electrons. The summed E-state index contributed by atoms with van der Waals surface area (Å²) in [6.07, 6.45) is 7.90. The van der Waals surface area contributed by atoms with Crippen molar-refractivity contribution in [1.82, 2.24) is 5.32 Å². The van der Waals surface area contributed by atoms with Gasteiger partial charge in [0.1, 0.15) is 0 Å². The minimum absolute atomic E-state index is 0.472. The molecule has 1 fully saturated rings. The molecule has 0 bridgehead atoms. The largest absolute Gasteiger partial charge is 0.316 e. The van der Waals surface area contributed by atoms with Crippen LogP contribution in [0.5, 0.6) is 0 Å². The third-order valence-corrected chi connectivity index (χ3v) is 5.79. The van der Waals surface area contributed by atoms with E-state index in [4.69, 9.17) is 0 Å². The van der Waals surface area contributed by atoms with Crippen molar-refractivity contribution in [1.29, 1.82) is 0 Å². The summed E-state index contributed by atoms with van der Waals surface area (Å²) in [5.41, 5.74) is 0. The maximum absolute atomic E-state index is 12.1. The highest BCUT2D eigenvalue weighted by atomic mass is 32.2. The van der Waals surface area contributed by atoms with Gasteiger partial charge < -0.3 is 5.32 Å². The topological polar surface area (TPSA) is 29.1 Å². The van der Waals surface area contributed by atoms with Crippen LogP contribution in [0.25, 0.3) is 0 Å². The van der Waals surface area contributed by atoms with Crippen LogP contribution in [0, 0.1) is 11.8 Å². The molecule has 3 unspecified atom stereocenters. The van der Waals surface area contributed by atoms with E-state index in [1.807, 2.05) is 7.05 Å². The summed E-state index contributed by atoms with van der Waals surface area (Å²) >= 11 is 0. The summed E-state index contributed by atoms with van der Waals surface area (Å²) in [6, 6.07) is 0.472. The van der Waals surface area contributed by atoms with Crippen LogP contribution in [0.2, 0.25) is 0 Å². The summed E-state index contributed by atoms with van der Waals surface area (Å²) < 4.78 is 12.1. The zero-order valence-corrected chi connectivity index (χ0v) is 12.5. The van der Waals surface area contributed by atoms with Crippen LogP contribution in [0.15, 0.2) is 0 Å². The second-order valence-electron chi connectivity index (χ2n) is 5.58. The third kappa shape index (κ3) is 5.52. The highest BCUT2D eigenvalue weighted by Crippen LogP contribution is 2.26. The molecule has 0 aliphatic heterocycles. The number of rotatable bonds is 7. The van der Waals surface area contributed by atoms with Gasteiger partial charge in [-0.25, -0.2) is 0 Å². The molecule has 0 heterocycles. The average Bonchev–Trinajstić information content (AvgIpc) is 2.36. The molecule has 1 saturated carbocycles. The smallest absolute Gasteiger partial charge is 0.0391 e. The Morgan fingerprint density at radius 2 is 1.88 bits per heavy atom. The Balaban J connectivity index is 2.37. The van der Waals surface area contributed by atoms with Crippen molar-refractivity contribution in [2.45, 2.75) is 58.4 Å². The Bertz CT molecular complexity index is 226. The van der Waals surface area contributed by atoms with Crippen molar-refractivity contribution in [2.24, 2.45) is 11.8 Å². The third-order valence-electron chi connectivity index (χ3n) is 4.12. The lowest BCUT2D eigenvalue weighted by atomic mass is 9.84. The summed E-state index contributed by atoms with van der Waals surface area (Å²) in [5, 5.41) is 3.40. The van der Waals surface area contributed by atoms with Crippen LogP contribution in [0.3, 0.4) is 0 Å². The van der Waals surface area contributed by atoms with Gasteiger partial charge >= 0.3 is 0 Å². The van der Waals surface area contributed by atoms with E-state index in [1.54, 1.807) is 0 Å². The molecular weight excluding hydrogens is 230 g/mol. The van der Waals surface area contributed by atoms with E-state index in [0.29, 0.717) is 12.0 Å². The minimum Gasteiger partial charge on any atom is -0.316 e. The number of nitrogens with one attached hydrogen (secondary N) is 1. The monoisotopic (exact) mass is 259 g/mol. The van der Waals surface area contributed by atoms with Gasteiger partial charge in [0.25, 0.3) is 0 Å². The molecule has 3 atom stereocenters. The minimum atomic E-state index is -0.644. The highest BCUT2D eigenvalue weighted by molar-refractivity contribution is 7.85. The molecule has 3 heteroatoms. The number of hydrogen-bond donors (Lipinski definition) is 1. The van der Waals surface area contributed by atoms with Gasteiger partial charge in [-0.1, -0.05) is 39.5 Å². The standard InChI is InChI=1S/C14H29NOS/c1-4-12(2)10-17(16)11-14(15-3)13-8-6-5-7-9-13/h12-15H,4-11H2,1-3H3. The second-order valence-corrected chi connectivity index (χ2v) is 7.13. The Morgan fingerprint density at radius 1 is 1.24 bits per heavy atom. The van der Waals surface area contributed by atoms with Crippen LogP contribution in [-0.2, 0) is 10.8 Å². The van der Waals surface area contributed by atoms with E-state index in [9.17, 15) is 4.21 Å². The van der Waals surface area contributed by atoms with Gasteiger partial charge in [-0.15, -0.1) is 0 Å². The van der Waals surface area contributed by atoms with Crippen LogP contribution >= 0.6 is 0 Å². The first-order chi connectivity index (χ1) is 8.17. The second kappa shape index (κ2) is 8.25. The van der Waals surface area contributed by atoms with Crippen molar-refractivity contribution < 1.29 is 4.21 Å². The molecule has 1 N–H and O–H groups in total. The van der Waals surface area contributed by atoms with E-state index in [0.717, 1.165) is 23.8 Å². The predicted molar refractivity (Wildman–Crippen MR) is 76.8 cm³/mol. The Kier molecular flexibility index (Phi) is 7.36. The normalized spacial score (nSPS) is 23.2. The van der Waals surface area contributed by atoms with Crippen molar-refractivity contribution in [3.63, 3.8) is 0 Å². The van der Waals surface area contributed by atoms with Gasteiger partial charge in [-0.3, -0.25) is 4.21 Å². The lowest BCUT2D eigenvalue weighted by Gasteiger charge is -2.30. The Morgan fingerprint density at radius 3 is 2.41 bits per heavy atom. The molecule has 1 rings (SSSR count). The lowest BCUT2D eigenvalue weighted by Crippen LogP contribution is -2.40. The van der Waals surface area contributed by atoms with E-state index in [1.165, 1.54) is 32.1 Å². The molecular formula is C14H29NOS. The SMILES string of the molecule is CCC(C)CS(=O)CC(NC)C1CCCCC1. The molecule has 0 spiro atoms. The van der Waals surface area contributed by atoms with Crippen LogP contribution in [0.4, 0.5) is 0 Å². The van der Waals surface area contributed by atoms with Crippen molar-refractivity contribution >= 4 is 10.8 Å². The first-order valence-electron chi connectivity index (χ1n) is 7.19. The molecule has 2 nitrogen and oxygen atoms in total. The molecule has 17 heavy (non-hydrogen) atoms. The highest BCUT2D eigenvalue weighted by Gasteiger charge is 2.24. The van der Waals surface area contributed by atoms with Crippen molar-refractivity contribution in [2.75, 3.05) is 18.6 Å². The summed E-state index contributed by atoms with van der Waals surface area (Å²) in [7, 11) is 1.38. The molecule has 0 amide bonds. The van der Waals surface area contributed by atoms with Gasteiger partial charge in [0.05, 0.1) is 0 Å². The van der Waals surface area contributed by atoms with E-state index >= 15 is 0 Å². The summed E-state index contributed by atoms with van der Waals surface area (Å²) in [4.78, 5) is 0. The quantitative estimate of drug-likeness (QED) is 0.761. The fourth-order valence-corrected chi connectivity index (χ4v) is 4.54. The number of hydrogen-bond acceptors (Lipinski definition) is 2. The Hall–Kier alpha value is 0.110. The van der Waals surface area contributed by atoms with E-state index in [2.05, 4.69) is 19.2 Å². The van der Waals surface area contributed by atoms with Gasteiger partial charge in [0.15, 0.2) is 0 Å². The molecule has 0 aromatic rings. The van der Waals surface area contributed by atoms with Gasteiger partial charge in [-0.05, 0) is 31.7 Å². The molecule has 0 aromatic heterocycles. The van der Waals surface area contributed by atoms with Gasteiger partial charge in [-0.2, -0.15) is 0 Å². The van der Waals surface area contributed by atoms with Crippen LogP contribution < -0.4 is 5.32 Å². The average molecular weight is 259 g/mol. The fourth-order valence-electron chi connectivity index (χ4n) is 2.70. The summed E-state index contributed by atoms with van der Waals surface area (Å²) in [6.45, 7) is 4.38. The van der Waals surface area contributed by atoms with Crippen molar-refractivity contribution in [3.05, 3.63) is 0 Å². The van der Waals surface area contributed by atoms with Crippen LogP contribution in [0.1, 0.15) is 52.4 Å². The summed E-state index contributed by atoms with van der Waals surface area (Å²) in [5.74, 6) is 3.08.